The van der Waals surface area contributed by atoms with Crippen LogP contribution in [0.3, 0.4) is 0 Å². The molecule has 3 rings (SSSR count). The van der Waals surface area contributed by atoms with E-state index in [0.717, 1.165) is 5.57 Å². The van der Waals surface area contributed by atoms with Crippen LogP contribution >= 0.6 is 0 Å². The van der Waals surface area contributed by atoms with Crippen molar-refractivity contribution in [2.45, 2.75) is 0 Å². The number of hydrogen-bond acceptors (Lipinski definition) is 3. The first-order valence-electron chi connectivity index (χ1n) is 7.51. The van der Waals surface area contributed by atoms with Gasteiger partial charge in [-0.3, -0.25) is 9.11 Å². The first kappa shape index (κ1) is 21.1. The Bertz CT molecular complexity index is 828. The Kier molecular flexibility index (Phi) is 8.80. The average molecular weight is 372 g/mol. The summed E-state index contributed by atoms with van der Waals surface area (Å²) in [7, 11) is -4.67. The Morgan fingerprint density at radius 3 is 1.15 bits per heavy atom. The zero-order chi connectivity index (χ0) is 19.4. The van der Waals surface area contributed by atoms with Crippen molar-refractivity contribution < 1.29 is 22.6 Å². The second kappa shape index (κ2) is 10.8. The normalized spacial score (nSPS) is 9.77. The maximum Gasteiger partial charge on any atom is 0.394 e. The molecule has 0 unspecified atom stereocenters. The highest BCUT2D eigenvalue weighted by Gasteiger charge is 1.99. The van der Waals surface area contributed by atoms with Gasteiger partial charge in [0.1, 0.15) is 5.75 Å². The van der Waals surface area contributed by atoms with Crippen LogP contribution in [-0.4, -0.2) is 22.6 Å². The Hall–Kier alpha value is -2.93. The fourth-order valence-corrected chi connectivity index (χ4v) is 1.87. The van der Waals surface area contributed by atoms with Crippen molar-refractivity contribution in [3.05, 3.63) is 109 Å². The van der Waals surface area contributed by atoms with E-state index in [2.05, 4.69) is 30.8 Å². The lowest BCUT2D eigenvalue weighted by Crippen LogP contribution is -1.89. The second-order valence-corrected chi connectivity index (χ2v) is 5.89. The summed E-state index contributed by atoms with van der Waals surface area (Å²) in [5.41, 5.74) is 3.43. The van der Waals surface area contributed by atoms with Crippen LogP contribution in [0.2, 0.25) is 0 Å². The van der Waals surface area contributed by atoms with E-state index in [4.69, 9.17) is 22.6 Å². The van der Waals surface area contributed by atoms with E-state index in [1.807, 2.05) is 42.5 Å². The third-order valence-corrected chi connectivity index (χ3v) is 3.00. The molecule has 3 aromatic carbocycles. The Morgan fingerprint density at radius 1 is 0.654 bits per heavy atom. The van der Waals surface area contributed by atoms with E-state index in [1.54, 1.807) is 24.3 Å². The molecule has 0 saturated carbocycles. The molecule has 0 aliphatic heterocycles. The number of aromatic hydroxyl groups is 1. The number of phenolic OH excluding ortho intramolecular Hbond substituents is 1. The number of benzene rings is 3. The molecule has 0 radical (unpaired) electrons. The molecular formula is C20H20O5S. The van der Waals surface area contributed by atoms with Gasteiger partial charge in [0.05, 0.1) is 0 Å². The third-order valence-electron chi connectivity index (χ3n) is 3.00. The lowest BCUT2D eigenvalue weighted by atomic mass is 10.0. The van der Waals surface area contributed by atoms with Gasteiger partial charge in [-0.05, 0) is 28.8 Å². The van der Waals surface area contributed by atoms with Gasteiger partial charge in [-0.25, -0.2) is 0 Å². The summed E-state index contributed by atoms with van der Waals surface area (Å²) in [5, 5.41) is 8.63. The molecule has 0 aromatic heterocycles. The molecule has 0 amide bonds. The van der Waals surface area contributed by atoms with Gasteiger partial charge in [0, 0.05) is 0 Å². The number of para-hydroxylation sites is 1. The maximum atomic E-state index is 8.74. The van der Waals surface area contributed by atoms with Gasteiger partial charge in [0.25, 0.3) is 0 Å². The molecule has 5 nitrogen and oxygen atoms in total. The molecule has 136 valence electrons. The standard InChI is InChI=1S/C14H12.C6H6O.H2O4S/c1-12(13-8-4-2-5-9-13)14-10-6-3-7-11-14;7-6-4-2-1-3-5-6;1-5(2,3)4/h2-11H,1H2;1-5,7H;(H2,1,2,3,4). The number of hydrogen-bond donors (Lipinski definition) is 3. The van der Waals surface area contributed by atoms with Gasteiger partial charge >= 0.3 is 10.4 Å². The van der Waals surface area contributed by atoms with Crippen LogP contribution in [0.1, 0.15) is 11.1 Å². The Balaban J connectivity index is 0.000000235. The fourth-order valence-electron chi connectivity index (χ4n) is 1.87. The van der Waals surface area contributed by atoms with Crippen LogP contribution in [0.15, 0.2) is 97.6 Å². The summed E-state index contributed by atoms with van der Waals surface area (Å²) in [6.45, 7) is 4.10. The van der Waals surface area contributed by atoms with Crippen molar-refractivity contribution in [3.63, 3.8) is 0 Å². The smallest absolute Gasteiger partial charge is 0.394 e. The number of rotatable bonds is 2. The summed E-state index contributed by atoms with van der Waals surface area (Å²) in [6, 6.07) is 29.2. The molecule has 0 fully saturated rings. The lowest BCUT2D eigenvalue weighted by molar-refractivity contribution is 0.381. The largest absolute Gasteiger partial charge is 0.508 e. The van der Waals surface area contributed by atoms with Crippen LogP contribution in [0.25, 0.3) is 5.57 Å². The monoisotopic (exact) mass is 372 g/mol. The van der Waals surface area contributed by atoms with E-state index in [-0.39, 0.29) is 0 Å². The predicted octanol–water partition coefficient (Wildman–Crippen LogP) is 4.49. The minimum Gasteiger partial charge on any atom is -0.508 e. The van der Waals surface area contributed by atoms with Crippen LogP contribution in [-0.2, 0) is 10.4 Å². The van der Waals surface area contributed by atoms with Gasteiger partial charge in [-0.2, -0.15) is 8.42 Å². The van der Waals surface area contributed by atoms with Gasteiger partial charge < -0.3 is 5.11 Å². The Morgan fingerprint density at radius 2 is 0.923 bits per heavy atom. The molecule has 6 heteroatoms. The molecule has 0 heterocycles. The minimum absolute atomic E-state index is 0.322. The van der Waals surface area contributed by atoms with Crippen LogP contribution in [0, 0.1) is 0 Å². The van der Waals surface area contributed by atoms with Crippen LogP contribution in [0.5, 0.6) is 5.75 Å². The SMILES string of the molecule is C=C(c1ccccc1)c1ccccc1.O=S(=O)(O)O.Oc1ccccc1. The van der Waals surface area contributed by atoms with Gasteiger partial charge in [-0.15, -0.1) is 0 Å². The third kappa shape index (κ3) is 10.0. The van der Waals surface area contributed by atoms with E-state index in [1.165, 1.54) is 11.1 Å². The van der Waals surface area contributed by atoms with Crippen molar-refractivity contribution in [1.29, 1.82) is 0 Å². The zero-order valence-corrected chi connectivity index (χ0v) is 14.8. The van der Waals surface area contributed by atoms with Crippen molar-refractivity contribution in [1.82, 2.24) is 0 Å². The van der Waals surface area contributed by atoms with Crippen molar-refractivity contribution >= 4 is 16.0 Å². The predicted molar refractivity (Wildman–Crippen MR) is 103 cm³/mol. The molecule has 3 N–H and O–H groups in total. The number of phenols is 1. The molecule has 0 bridgehead atoms. The molecule has 0 atom stereocenters. The van der Waals surface area contributed by atoms with Crippen molar-refractivity contribution in [3.8, 4) is 5.75 Å². The quantitative estimate of drug-likeness (QED) is 0.576. The highest BCUT2D eigenvalue weighted by atomic mass is 32.3. The summed E-state index contributed by atoms with van der Waals surface area (Å²) < 4.78 is 31.6. The second-order valence-electron chi connectivity index (χ2n) is 4.99. The topological polar surface area (TPSA) is 94.8 Å². The molecule has 26 heavy (non-hydrogen) atoms. The molecule has 0 saturated heterocycles. The molecule has 3 aromatic rings. The average Bonchev–Trinajstić information content (AvgIpc) is 2.62. The highest BCUT2D eigenvalue weighted by molar-refractivity contribution is 7.79. The van der Waals surface area contributed by atoms with E-state index in [9.17, 15) is 0 Å². The van der Waals surface area contributed by atoms with Crippen LogP contribution in [0.4, 0.5) is 0 Å². The first-order chi connectivity index (χ1) is 12.3. The first-order valence-corrected chi connectivity index (χ1v) is 8.90. The van der Waals surface area contributed by atoms with Gasteiger partial charge in [-0.1, -0.05) is 85.4 Å². The van der Waals surface area contributed by atoms with E-state index < -0.39 is 10.4 Å². The minimum atomic E-state index is -4.67. The fraction of sp³-hybridized carbons (Fsp3) is 0. The summed E-state index contributed by atoms with van der Waals surface area (Å²) in [5.74, 6) is 0.322. The van der Waals surface area contributed by atoms with Gasteiger partial charge in [0.2, 0.25) is 0 Å². The summed E-state index contributed by atoms with van der Waals surface area (Å²) in [6.07, 6.45) is 0. The van der Waals surface area contributed by atoms with Crippen molar-refractivity contribution in [2.75, 3.05) is 0 Å². The zero-order valence-electron chi connectivity index (χ0n) is 13.9. The van der Waals surface area contributed by atoms with Crippen molar-refractivity contribution in [2.24, 2.45) is 0 Å². The van der Waals surface area contributed by atoms with Gasteiger partial charge in [0.15, 0.2) is 0 Å². The Labute approximate surface area is 153 Å². The molecule has 0 spiro atoms. The van der Waals surface area contributed by atoms with E-state index in [0.29, 0.717) is 5.75 Å². The maximum absolute atomic E-state index is 8.74. The molecule has 0 aliphatic rings. The molecular weight excluding hydrogens is 352 g/mol. The van der Waals surface area contributed by atoms with E-state index >= 15 is 0 Å². The lowest BCUT2D eigenvalue weighted by Gasteiger charge is -2.04. The molecule has 0 aliphatic carbocycles. The van der Waals surface area contributed by atoms with Crippen LogP contribution < -0.4 is 0 Å². The summed E-state index contributed by atoms with van der Waals surface area (Å²) >= 11 is 0. The highest BCUT2D eigenvalue weighted by Crippen LogP contribution is 2.20. The summed E-state index contributed by atoms with van der Waals surface area (Å²) in [4.78, 5) is 0.